The molecule has 2 aromatic rings. The Morgan fingerprint density at radius 1 is 0.963 bits per heavy atom. The first-order valence-electron chi connectivity index (χ1n) is 8.29. The lowest BCUT2D eigenvalue weighted by Gasteiger charge is -2.20. The SMILES string of the molecule is CC(C)[C@H](NC(=O)c1ccc(F)cc1)C(=O)OCC(=O)c1cccc(F)c1. The van der Waals surface area contributed by atoms with Gasteiger partial charge in [0, 0.05) is 11.1 Å². The minimum atomic E-state index is -0.997. The van der Waals surface area contributed by atoms with Crippen molar-refractivity contribution in [3.8, 4) is 0 Å². The summed E-state index contributed by atoms with van der Waals surface area (Å²) in [6.45, 7) is 2.83. The van der Waals surface area contributed by atoms with Crippen molar-refractivity contribution in [3.05, 3.63) is 71.3 Å². The van der Waals surface area contributed by atoms with E-state index in [1.807, 2.05) is 0 Å². The van der Waals surface area contributed by atoms with Crippen molar-refractivity contribution in [2.24, 2.45) is 5.92 Å². The summed E-state index contributed by atoms with van der Waals surface area (Å²) < 4.78 is 31.1. The van der Waals surface area contributed by atoms with Gasteiger partial charge in [-0.25, -0.2) is 13.6 Å². The van der Waals surface area contributed by atoms with Crippen LogP contribution in [0.4, 0.5) is 8.78 Å². The van der Waals surface area contributed by atoms with Crippen LogP contribution in [0.25, 0.3) is 0 Å². The van der Waals surface area contributed by atoms with Crippen LogP contribution in [0, 0.1) is 17.6 Å². The Labute approximate surface area is 155 Å². The molecule has 0 fully saturated rings. The monoisotopic (exact) mass is 375 g/mol. The van der Waals surface area contributed by atoms with Gasteiger partial charge in [-0.2, -0.15) is 0 Å². The van der Waals surface area contributed by atoms with Gasteiger partial charge < -0.3 is 10.1 Å². The normalized spacial score (nSPS) is 11.7. The molecule has 0 heterocycles. The van der Waals surface area contributed by atoms with Crippen LogP contribution >= 0.6 is 0 Å². The molecule has 0 unspecified atom stereocenters. The number of benzene rings is 2. The summed E-state index contributed by atoms with van der Waals surface area (Å²) in [4.78, 5) is 36.5. The van der Waals surface area contributed by atoms with Crippen LogP contribution < -0.4 is 5.32 Å². The van der Waals surface area contributed by atoms with E-state index in [9.17, 15) is 23.2 Å². The summed E-state index contributed by atoms with van der Waals surface area (Å²) >= 11 is 0. The number of ketones is 1. The van der Waals surface area contributed by atoms with Crippen LogP contribution in [-0.2, 0) is 9.53 Å². The van der Waals surface area contributed by atoms with E-state index < -0.39 is 41.9 Å². The topological polar surface area (TPSA) is 72.5 Å². The van der Waals surface area contributed by atoms with Gasteiger partial charge in [0.05, 0.1) is 0 Å². The molecule has 1 atom stereocenters. The van der Waals surface area contributed by atoms with Gasteiger partial charge in [-0.15, -0.1) is 0 Å². The van der Waals surface area contributed by atoms with Gasteiger partial charge in [0.2, 0.25) is 0 Å². The van der Waals surface area contributed by atoms with E-state index in [1.54, 1.807) is 13.8 Å². The molecule has 0 aliphatic carbocycles. The Hall–Kier alpha value is -3.09. The summed E-state index contributed by atoms with van der Waals surface area (Å²) in [7, 11) is 0. The lowest BCUT2D eigenvalue weighted by Crippen LogP contribution is -2.45. The first-order chi connectivity index (χ1) is 12.8. The van der Waals surface area contributed by atoms with Crippen molar-refractivity contribution < 1.29 is 27.9 Å². The highest BCUT2D eigenvalue weighted by molar-refractivity contribution is 5.99. The Morgan fingerprint density at radius 2 is 1.63 bits per heavy atom. The van der Waals surface area contributed by atoms with Crippen LogP contribution in [0.5, 0.6) is 0 Å². The van der Waals surface area contributed by atoms with Crippen molar-refractivity contribution in [3.63, 3.8) is 0 Å². The van der Waals surface area contributed by atoms with Gasteiger partial charge in [-0.1, -0.05) is 26.0 Å². The Balaban J connectivity index is 1.99. The quantitative estimate of drug-likeness (QED) is 0.596. The van der Waals surface area contributed by atoms with E-state index >= 15 is 0 Å². The molecular weight excluding hydrogens is 356 g/mol. The molecular formula is C20H19F2NO4. The zero-order valence-electron chi connectivity index (χ0n) is 14.9. The number of nitrogens with one attached hydrogen (secondary N) is 1. The fourth-order valence-electron chi connectivity index (χ4n) is 2.30. The van der Waals surface area contributed by atoms with Crippen LogP contribution in [0.2, 0.25) is 0 Å². The number of Topliss-reactive ketones (excluding diaryl/α,β-unsaturated/α-hetero) is 1. The van der Waals surface area contributed by atoms with Crippen molar-refractivity contribution in [2.45, 2.75) is 19.9 Å². The maximum Gasteiger partial charge on any atom is 0.329 e. The summed E-state index contributed by atoms with van der Waals surface area (Å²) in [5, 5.41) is 2.52. The lowest BCUT2D eigenvalue weighted by molar-refractivity contribution is -0.145. The molecule has 0 bridgehead atoms. The summed E-state index contributed by atoms with van der Waals surface area (Å²) in [5.41, 5.74) is 0.268. The minimum absolute atomic E-state index is 0.0826. The molecule has 0 saturated heterocycles. The molecule has 0 aliphatic rings. The maximum atomic E-state index is 13.2. The number of ether oxygens (including phenoxy) is 1. The molecule has 2 aromatic carbocycles. The van der Waals surface area contributed by atoms with Gasteiger partial charge >= 0.3 is 5.97 Å². The average molecular weight is 375 g/mol. The third-order valence-corrected chi connectivity index (χ3v) is 3.81. The second kappa shape index (κ2) is 9.02. The predicted octanol–water partition coefficient (Wildman–Crippen LogP) is 3.15. The predicted molar refractivity (Wildman–Crippen MR) is 94.2 cm³/mol. The van der Waals surface area contributed by atoms with Crippen LogP contribution in [0.15, 0.2) is 48.5 Å². The number of esters is 1. The maximum absolute atomic E-state index is 13.2. The molecule has 5 nitrogen and oxygen atoms in total. The zero-order valence-corrected chi connectivity index (χ0v) is 14.9. The Kier molecular flexibility index (Phi) is 6.76. The van der Waals surface area contributed by atoms with Crippen molar-refractivity contribution in [1.82, 2.24) is 5.32 Å². The molecule has 2 rings (SSSR count). The van der Waals surface area contributed by atoms with Crippen molar-refractivity contribution in [1.29, 1.82) is 0 Å². The van der Waals surface area contributed by atoms with Crippen molar-refractivity contribution >= 4 is 17.7 Å². The first-order valence-corrected chi connectivity index (χ1v) is 8.29. The molecule has 142 valence electrons. The third-order valence-electron chi connectivity index (χ3n) is 3.81. The van der Waals surface area contributed by atoms with Crippen LogP contribution in [0.1, 0.15) is 34.6 Å². The molecule has 1 N–H and O–H groups in total. The number of rotatable bonds is 7. The fraction of sp³-hybridized carbons (Fsp3) is 0.250. The fourth-order valence-corrected chi connectivity index (χ4v) is 2.30. The van der Waals surface area contributed by atoms with E-state index in [4.69, 9.17) is 4.74 Å². The molecule has 0 radical (unpaired) electrons. The van der Waals surface area contributed by atoms with Gasteiger partial charge in [0.15, 0.2) is 12.4 Å². The van der Waals surface area contributed by atoms with Crippen LogP contribution in [-0.4, -0.2) is 30.3 Å². The Bertz CT molecular complexity index is 834. The van der Waals surface area contributed by atoms with E-state index in [0.29, 0.717) is 0 Å². The molecule has 1 amide bonds. The van der Waals surface area contributed by atoms with E-state index in [1.165, 1.54) is 30.3 Å². The highest BCUT2D eigenvalue weighted by atomic mass is 19.1. The summed E-state index contributed by atoms with van der Waals surface area (Å²) in [6.07, 6.45) is 0. The first kappa shape index (κ1) is 20.2. The second-order valence-corrected chi connectivity index (χ2v) is 6.24. The smallest absolute Gasteiger partial charge is 0.329 e. The summed E-state index contributed by atoms with van der Waals surface area (Å²) in [5.74, 6) is -3.28. The molecule has 7 heteroatoms. The molecule has 0 aliphatic heterocycles. The highest BCUT2D eigenvalue weighted by Crippen LogP contribution is 2.09. The summed E-state index contributed by atoms with van der Waals surface area (Å²) in [6, 6.07) is 8.89. The van der Waals surface area contributed by atoms with Gasteiger partial charge in [-0.05, 0) is 42.3 Å². The number of carbonyl (C=O) groups is 3. The van der Waals surface area contributed by atoms with Crippen molar-refractivity contribution in [2.75, 3.05) is 6.61 Å². The van der Waals surface area contributed by atoms with Gasteiger partial charge in [0.1, 0.15) is 17.7 Å². The molecule has 0 aromatic heterocycles. The second-order valence-electron chi connectivity index (χ2n) is 6.24. The van der Waals surface area contributed by atoms with Crippen LogP contribution in [0.3, 0.4) is 0 Å². The molecule has 0 saturated carbocycles. The number of hydrogen-bond acceptors (Lipinski definition) is 4. The third kappa shape index (κ3) is 5.70. The lowest BCUT2D eigenvalue weighted by atomic mass is 10.0. The van der Waals surface area contributed by atoms with E-state index in [0.717, 1.165) is 18.2 Å². The van der Waals surface area contributed by atoms with E-state index in [-0.39, 0.29) is 17.0 Å². The molecule has 27 heavy (non-hydrogen) atoms. The number of halogens is 2. The number of carbonyl (C=O) groups excluding carboxylic acids is 3. The molecule has 0 spiro atoms. The van der Waals surface area contributed by atoms with Gasteiger partial charge in [-0.3, -0.25) is 9.59 Å². The average Bonchev–Trinajstić information content (AvgIpc) is 2.64. The Morgan fingerprint density at radius 3 is 2.22 bits per heavy atom. The zero-order chi connectivity index (χ0) is 20.0. The standard InChI is InChI=1S/C20H19F2NO4/c1-12(2)18(23-19(25)13-6-8-15(21)9-7-13)20(26)27-11-17(24)14-4-3-5-16(22)10-14/h3-10,12,18H,11H2,1-2H3,(H,23,25)/t18-/m0/s1. The van der Waals surface area contributed by atoms with Gasteiger partial charge in [0.25, 0.3) is 5.91 Å². The largest absolute Gasteiger partial charge is 0.456 e. The number of amides is 1. The number of hydrogen-bond donors (Lipinski definition) is 1. The van der Waals surface area contributed by atoms with E-state index in [2.05, 4.69) is 5.32 Å². The minimum Gasteiger partial charge on any atom is -0.456 e. The highest BCUT2D eigenvalue weighted by Gasteiger charge is 2.27.